The van der Waals surface area contributed by atoms with Gasteiger partial charge in [0.05, 0.1) is 26.4 Å². The molecule has 0 saturated heterocycles. The molecule has 0 aromatic rings. The molecule has 102 heavy (non-hydrogen) atoms. The number of carbonyl (C=O) groups excluding carboxylic acids is 4. The van der Waals surface area contributed by atoms with E-state index in [4.69, 9.17) is 37.0 Å². The zero-order valence-corrected chi connectivity index (χ0v) is 67.3. The van der Waals surface area contributed by atoms with Crippen LogP contribution in [0.15, 0.2) is 48.6 Å². The predicted octanol–water partition coefficient (Wildman–Crippen LogP) is 24.5. The molecule has 3 N–H and O–H groups in total. The molecule has 0 aliphatic carbocycles. The normalized spacial score (nSPS) is 14.1. The molecule has 0 heterocycles. The van der Waals surface area contributed by atoms with Crippen LogP contribution in [0.4, 0.5) is 0 Å². The molecule has 0 radical (unpaired) electrons. The van der Waals surface area contributed by atoms with Gasteiger partial charge in [-0.1, -0.05) is 359 Å². The van der Waals surface area contributed by atoms with E-state index in [-0.39, 0.29) is 25.7 Å². The summed E-state index contributed by atoms with van der Waals surface area (Å²) in [6.45, 7) is 4.90. The Bertz CT molecular complexity index is 2120. The van der Waals surface area contributed by atoms with Crippen LogP contribution < -0.4 is 0 Å². The number of phosphoric acid groups is 2. The lowest BCUT2D eigenvalue weighted by molar-refractivity contribution is -0.161. The molecule has 0 rings (SSSR count). The van der Waals surface area contributed by atoms with Gasteiger partial charge in [0.1, 0.15) is 19.3 Å². The molecule has 0 spiro atoms. The summed E-state index contributed by atoms with van der Waals surface area (Å²) in [5.74, 6) is -2.19. The number of hydrogen-bond acceptors (Lipinski definition) is 15. The van der Waals surface area contributed by atoms with E-state index in [1.54, 1.807) is 0 Å². The van der Waals surface area contributed by atoms with Crippen molar-refractivity contribution in [2.24, 2.45) is 0 Å². The van der Waals surface area contributed by atoms with E-state index in [1.165, 1.54) is 225 Å². The van der Waals surface area contributed by atoms with Crippen LogP contribution in [0, 0.1) is 0 Å². The Labute approximate surface area is 623 Å². The van der Waals surface area contributed by atoms with Crippen LogP contribution >= 0.6 is 15.6 Å². The quantitative estimate of drug-likeness (QED) is 0.0169. The molecule has 0 fully saturated rings. The first-order valence-electron chi connectivity index (χ1n) is 41.9. The third-order valence-electron chi connectivity index (χ3n) is 18.3. The van der Waals surface area contributed by atoms with Crippen LogP contribution in [0.5, 0.6) is 0 Å². The SMILES string of the molecule is CCCCC/C=C\C/C=C\C/C=C\C/C=C\CCCC(=O)O[C@H](COC(=O)CCCCCCCCCCCCCCCCC)COP(=O)(O)OC[C@H](O)COP(=O)(O)OC[C@@H](COC(=O)CCCCCCCCCCCCCCC)OC(=O)CCCCCCCCCCCCCCCCCCC. The molecule has 0 amide bonds. The van der Waals surface area contributed by atoms with Crippen LogP contribution in [0.2, 0.25) is 0 Å². The Morgan fingerprint density at radius 3 is 0.775 bits per heavy atom. The minimum Gasteiger partial charge on any atom is -0.462 e. The standard InChI is InChI=1S/C83H154O17P2/c1-5-9-13-17-21-25-29-33-36-38-41-45-49-53-57-61-65-69-82(87)99-78(73-93-80(85)67-63-59-55-51-47-43-32-28-24-20-16-12-8-4)75-97-101(89,90)95-71-77(84)72-96-102(91,92)98-76-79(74-94-81(86)68-64-60-56-52-48-44-40-35-31-27-23-19-15-11-7-3)100-83(88)70-66-62-58-54-50-46-42-39-37-34-30-26-22-18-14-10-6-2/h22,26,34,37,42,46,54,58,77-79,84H,5-21,23-25,27-33,35-36,38-41,43-45,47-53,55-57,59-76H2,1-4H3,(H,89,90)(H,91,92)/b26-22-,37-34-,46-42-,58-54-/t77-,78-,79-/m1/s1. The van der Waals surface area contributed by atoms with Crippen molar-refractivity contribution >= 4 is 39.5 Å². The number of esters is 4. The van der Waals surface area contributed by atoms with E-state index < -0.39 is 97.5 Å². The highest BCUT2D eigenvalue weighted by atomic mass is 31.2. The largest absolute Gasteiger partial charge is 0.472 e. The van der Waals surface area contributed by atoms with E-state index in [0.717, 1.165) is 89.9 Å². The lowest BCUT2D eigenvalue weighted by Gasteiger charge is -2.21. The molecule has 0 aliphatic heterocycles. The smallest absolute Gasteiger partial charge is 0.462 e. The van der Waals surface area contributed by atoms with Crippen LogP contribution in [-0.4, -0.2) is 96.7 Å². The van der Waals surface area contributed by atoms with Gasteiger partial charge in [-0.15, -0.1) is 0 Å². The summed E-state index contributed by atoms with van der Waals surface area (Å²) in [5, 5.41) is 10.6. The summed E-state index contributed by atoms with van der Waals surface area (Å²) in [6.07, 6.45) is 75.1. The molecule has 598 valence electrons. The molecule has 0 bridgehead atoms. The van der Waals surface area contributed by atoms with E-state index in [0.29, 0.717) is 32.1 Å². The third kappa shape index (κ3) is 75.3. The van der Waals surface area contributed by atoms with Crippen molar-refractivity contribution in [3.63, 3.8) is 0 Å². The Kier molecular flexibility index (Phi) is 74.0. The number of unbranched alkanes of at least 4 members (excludes halogenated alkanes) is 46. The first-order chi connectivity index (χ1) is 49.7. The Hall–Kier alpha value is -2.98. The van der Waals surface area contributed by atoms with Crippen LogP contribution in [0.3, 0.4) is 0 Å². The van der Waals surface area contributed by atoms with E-state index in [1.807, 2.05) is 12.2 Å². The van der Waals surface area contributed by atoms with E-state index in [9.17, 15) is 43.2 Å². The topological polar surface area (TPSA) is 237 Å². The van der Waals surface area contributed by atoms with Gasteiger partial charge >= 0.3 is 39.5 Å². The van der Waals surface area contributed by atoms with Gasteiger partial charge in [-0.2, -0.15) is 0 Å². The molecule has 0 aliphatic rings. The maximum atomic E-state index is 13.1. The molecule has 17 nitrogen and oxygen atoms in total. The number of aliphatic hydroxyl groups excluding tert-OH is 1. The molecule has 2 unspecified atom stereocenters. The van der Waals surface area contributed by atoms with Crippen LogP contribution in [0.1, 0.15) is 400 Å². The maximum Gasteiger partial charge on any atom is 0.472 e. The molecule has 0 saturated carbocycles. The van der Waals surface area contributed by atoms with Crippen molar-refractivity contribution in [3.8, 4) is 0 Å². The second kappa shape index (κ2) is 76.2. The number of carbonyl (C=O) groups is 4. The zero-order chi connectivity index (χ0) is 74.6. The third-order valence-corrected chi connectivity index (χ3v) is 20.2. The van der Waals surface area contributed by atoms with Crippen LogP contribution in [-0.2, 0) is 65.4 Å². The predicted molar refractivity (Wildman–Crippen MR) is 418 cm³/mol. The summed E-state index contributed by atoms with van der Waals surface area (Å²) in [6, 6.07) is 0. The van der Waals surface area contributed by atoms with Crippen molar-refractivity contribution in [2.75, 3.05) is 39.6 Å². The number of hydrogen-bond donors (Lipinski definition) is 3. The van der Waals surface area contributed by atoms with Crippen LogP contribution in [0.25, 0.3) is 0 Å². The van der Waals surface area contributed by atoms with Crippen molar-refractivity contribution < 1.29 is 80.2 Å². The van der Waals surface area contributed by atoms with Gasteiger partial charge in [0.15, 0.2) is 12.2 Å². The average molecular weight is 1490 g/mol. The first kappa shape index (κ1) is 99.0. The van der Waals surface area contributed by atoms with E-state index >= 15 is 0 Å². The Morgan fingerprint density at radius 2 is 0.490 bits per heavy atom. The van der Waals surface area contributed by atoms with Gasteiger partial charge < -0.3 is 33.8 Å². The van der Waals surface area contributed by atoms with Gasteiger partial charge in [0.25, 0.3) is 0 Å². The van der Waals surface area contributed by atoms with Crippen molar-refractivity contribution in [1.29, 1.82) is 0 Å². The average Bonchev–Trinajstić information content (AvgIpc) is 0.966. The lowest BCUT2D eigenvalue weighted by Crippen LogP contribution is -2.30. The van der Waals surface area contributed by atoms with E-state index in [2.05, 4.69) is 64.2 Å². The Balaban J connectivity index is 5.35. The highest BCUT2D eigenvalue weighted by Crippen LogP contribution is 2.45. The molecular formula is C83H154O17P2. The van der Waals surface area contributed by atoms with Crippen molar-refractivity contribution in [3.05, 3.63) is 48.6 Å². The fourth-order valence-corrected chi connectivity index (χ4v) is 13.5. The maximum absolute atomic E-state index is 13.1. The van der Waals surface area contributed by atoms with Crippen molar-refractivity contribution in [1.82, 2.24) is 0 Å². The monoisotopic (exact) mass is 1490 g/mol. The second-order valence-electron chi connectivity index (χ2n) is 28.4. The number of allylic oxidation sites excluding steroid dienone is 8. The fraction of sp³-hybridized carbons (Fsp3) is 0.855. The molecule has 19 heteroatoms. The van der Waals surface area contributed by atoms with Gasteiger partial charge in [-0.25, -0.2) is 9.13 Å². The van der Waals surface area contributed by atoms with Crippen molar-refractivity contribution in [2.45, 2.75) is 418 Å². The number of ether oxygens (including phenoxy) is 4. The highest BCUT2D eigenvalue weighted by Gasteiger charge is 2.30. The van der Waals surface area contributed by atoms with Gasteiger partial charge in [-0.3, -0.25) is 37.3 Å². The molecule has 5 atom stereocenters. The number of rotatable bonds is 80. The minimum absolute atomic E-state index is 0.0257. The molecule has 0 aromatic carbocycles. The summed E-state index contributed by atoms with van der Waals surface area (Å²) < 4.78 is 68.7. The Morgan fingerprint density at radius 1 is 0.275 bits per heavy atom. The summed E-state index contributed by atoms with van der Waals surface area (Å²) >= 11 is 0. The summed E-state index contributed by atoms with van der Waals surface area (Å²) in [5.41, 5.74) is 0. The lowest BCUT2D eigenvalue weighted by atomic mass is 10.0. The second-order valence-corrected chi connectivity index (χ2v) is 31.4. The minimum atomic E-state index is -4.98. The number of aliphatic hydroxyl groups is 1. The first-order valence-corrected chi connectivity index (χ1v) is 44.9. The zero-order valence-electron chi connectivity index (χ0n) is 65.6. The highest BCUT2D eigenvalue weighted by molar-refractivity contribution is 7.47. The number of phosphoric ester groups is 2. The fourth-order valence-electron chi connectivity index (χ4n) is 11.9. The van der Waals surface area contributed by atoms with Gasteiger partial charge in [-0.05, 0) is 64.2 Å². The van der Waals surface area contributed by atoms with Gasteiger partial charge in [0.2, 0.25) is 0 Å². The molecular weight excluding hydrogens is 1330 g/mol. The molecule has 0 aromatic heterocycles. The summed E-state index contributed by atoms with van der Waals surface area (Å²) in [7, 11) is -9.95. The van der Waals surface area contributed by atoms with Gasteiger partial charge in [0, 0.05) is 25.7 Å². The summed E-state index contributed by atoms with van der Waals surface area (Å²) in [4.78, 5) is 73.1.